The third kappa shape index (κ3) is 3.88. The molecule has 0 aromatic heterocycles. The lowest BCUT2D eigenvalue weighted by Gasteiger charge is -2.19. The summed E-state index contributed by atoms with van der Waals surface area (Å²) < 4.78 is 0. The van der Waals surface area contributed by atoms with Gasteiger partial charge in [0.25, 0.3) is 0 Å². The highest BCUT2D eigenvalue weighted by molar-refractivity contribution is 6.22. The van der Waals surface area contributed by atoms with Gasteiger partial charge in [0.15, 0.2) is 5.78 Å². The number of Topliss-reactive ketones (excluding diaryl/α,β-unsaturated/α-hetero) is 1. The van der Waals surface area contributed by atoms with Gasteiger partial charge in [-0.15, -0.1) is 0 Å². The minimum absolute atomic E-state index is 0.0455. The van der Waals surface area contributed by atoms with Gasteiger partial charge in [0.1, 0.15) is 5.71 Å². The van der Waals surface area contributed by atoms with Gasteiger partial charge in [-0.05, 0) is 42.5 Å². The summed E-state index contributed by atoms with van der Waals surface area (Å²) >= 11 is 0. The van der Waals surface area contributed by atoms with E-state index in [1.165, 1.54) is 0 Å². The first-order chi connectivity index (χ1) is 11.3. The van der Waals surface area contributed by atoms with E-state index in [1.54, 1.807) is 24.3 Å². The van der Waals surface area contributed by atoms with Crippen LogP contribution in [0.2, 0.25) is 0 Å². The van der Waals surface area contributed by atoms with Gasteiger partial charge in [0.05, 0.1) is 5.56 Å². The largest absolute Gasteiger partial charge is 0.366 e. The summed E-state index contributed by atoms with van der Waals surface area (Å²) in [5.41, 5.74) is 3.18. The minimum atomic E-state index is -0.503. The zero-order valence-electron chi connectivity index (χ0n) is 14.8. The lowest BCUT2D eigenvalue weighted by atomic mass is 9.84. The molecular weight excluding hydrogens is 302 g/mol. The van der Waals surface area contributed by atoms with Crippen LogP contribution < -0.4 is 0 Å². The number of nitrogens with zero attached hydrogens (tertiary/aromatic N) is 1. The minimum Gasteiger partial charge on any atom is -0.312 e. The van der Waals surface area contributed by atoms with Crippen molar-refractivity contribution in [3.63, 3.8) is 0 Å². The number of hydrogen-bond acceptors (Lipinski definition) is 4. The average molecular weight is 325 g/mol. The van der Waals surface area contributed by atoms with Crippen molar-refractivity contribution in [3.8, 4) is 0 Å². The first-order valence-corrected chi connectivity index (χ1v) is 8.14. The van der Waals surface area contributed by atoms with Crippen LogP contribution in [0.4, 0.5) is 0 Å². The van der Waals surface area contributed by atoms with Crippen LogP contribution in [-0.2, 0) is 9.63 Å². The van der Waals surface area contributed by atoms with Crippen molar-refractivity contribution < 1.29 is 14.4 Å². The van der Waals surface area contributed by atoms with Crippen LogP contribution in [0.5, 0.6) is 0 Å². The maximum absolute atomic E-state index is 12.5. The summed E-state index contributed by atoms with van der Waals surface area (Å²) in [6, 6.07) is 7.19. The molecule has 1 aromatic rings. The van der Waals surface area contributed by atoms with Crippen molar-refractivity contribution in [1.29, 1.82) is 0 Å². The predicted molar refractivity (Wildman–Crippen MR) is 94.9 cm³/mol. The fourth-order valence-electron chi connectivity index (χ4n) is 2.51. The Morgan fingerprint density at radius 1 is 1.00 bits per heavy atom. The number of allylic oxidation sites excluding steroid dienone is 4. The molecular formula is C20H23NO3. The molecule has 0 N–H and O–H groups in total. The summed E-state index contributed by atoms with van der Waals surface area (Å²) in [7, 11) is 0. The molecule has 0 aliphatic heterocycles. The van der Waals surface area contributed by atoms with Crippen LogP contribution >= 0.6 is 0 Å². The maximum atomic E-state index is 12.5. The molecule has 4 nitrogen and oxygen atoms in total. The van der Waals surface area contributed by atoms with E-state index in [9.17, 15) is 9.59 Å². The molecule has 0 saturated heterocycles. The van der Waals surface area contributed by atoms with E-state index in [0.717, 1.165) is 5.56 Å². The molecule has 0 amide bonds. The number of carbonyl (C=O) groups is 2. The number of hydrogen-bond donors (Lipinski definition) is 0. The highest BCUT2D eigenvalue weighted by Crippen LogP contribution is 2.25. The Balaban J connectivity index is 2.29. The van der Waals surface area contributed by atoms with Crippen molar-refractivity contribution in [2.75, 3.05) is 0 Å². The van der Waals surface area contributed by atoms with Gasteiger partial charge in [-0.1, -0.05) is 51.0 Å². The standard InChI is InChI=1S/C20H23NO3/c1-12(2)17-10-15(11-18(13(3)4)19(17)22)21-24-20(23)16-9-7-6-8-14(16)5/h6-13H,1-5H3. The molecule has 1 aliphatic rings. The summed E-state index contributed by atoms with van der Waals surface area (Å²) in [5, 5.41) is 3.96. The monoisotopic (exact) mass is 325 g/mol. The molecule has 0 spiro atoms. The van der Waals surface area contributed by atoms with Gasteiger partial charge < -0.3 is 4.84 Å². The number of rotatable bonds is 4. The fraction of sp³-hybridized carbons (Fsp3) is 0.350. The Labute approximate surface area is 142 Å². The van der Waals surface area contributed by atoms with Crippen LogP contribution in [0.3, 0.4) is 0 Å². The van der Waals surface area contributed by atoms with Gasteiger partial charge in [-0.25, -0.2) is 4.79 Å². The van der Waals surface area contributed by atoms with E-state index in [0.29, 0.717) is 22.4 Å². The normalized spacial score (nSPS) is 14.6. The van der Waals surface area contributed by atoms with Crippen molar-refractivity contribution in [2.45, 2.75) is 34.6 Å². The van der Waals surface area contributed by atoms with Crippen LogP contribution in [0.25, 0.3) is 0 Å². The first-order valence-electron chi connectivity index (χ1n) is 8.14. The number of oxime groups is 1. The summed E-state index contributed by atoms with van der Waals surface area (Å²) in [5.74, 6) is -0.296. The van der Waals surface area contributed by atoms with Gasteiger partial charge in [0, 0.05) is 11.1 Å². The van der Waals surface area contributed by atoms with Crippen LogP contribution in [0.15, 0.2) is 52.7 Å². The van der Waals surface area contributed by atoms with Gasteiger partial charge >= 0.3 is 5.97 Å². The molecule has 0 atom stereocenters. The third-order valence-electron chi connectivity index (χ3n) is 3.97. The Hall–Kier alpha value is -2.49. The molecule has 24 heavy (non-hydrogen) atoms. The third-order valence-corrected chi connectivity index (χ3v) is 3.97. The number of ketones is 1. The fourth-order valence-corrected chi connectivity index (χ4v) is 2.51. The van der Waals surface area contributed by atoms with E-state index in [-0.39, 0.29) is 17.6 Å². The van der Waals surface area contributed by atoms with Crippen molar-refractivity contribution >= 4 is 17.5 Å². The summed E-state index contributed by atoms with van der Waals surface area (Å²) in [6.07, 6.45) is 3.40. The predicted octanol–water partition coefficient (Wildman–Crippen LogP) is 4.26. The SMILES string of the molecule is Cc1ccccc1C(=O)ON=C1C=C(C(C)C)C(=O)C(C(C)C)=C1. The quantitative estimate of drug-likeness (QED) is 0.472. The second kappa shape index (κ2) is 7.39. The number of aryl methyl sites for hydroxylation is 1. The molecule has 0 heterocycles. The summed E-state index contributed by atoms with van der Waals surface area (Å²) in [6.45, 7) is 9.69. The second-order valence-electron chi connectivity index (χ2n) is 6.55. The van der Waals surface area contributed by atoms with Crippen LogP contribution in [-0.4, -0.2) is 17.5 Å². The van der Waals surface area contributed by atoms with E-state index in [4.69, 9.17) is 4.84 Å². The Kier molecular flexibility index (Phi) is 5.50. The van der Waals surface area contributed by atoms with Crippen molar-refractivity contribution in [1.82, 2.24) is 0 Å². The molecule has 1 aromatic carbocycles. The Bertz CT molecular complexity index is 722. The molecule has 0 fully saturated rings. The first kappa shape index (κ1) is 17.9. The number of benzene rings is 1. The Morgan fingerprint density at radius 3 is 2.04 bits per heavy atom. The van der Waals surface area contributed by atoms with E-state index in [2.05, 4.69) is 5.16 Å². The summed E-state index contributed by atoms with van der Waals surface area (Å²) in [4.78, 5) is 29.7. The van der Waals surface area contributed by atoms with E-state index in [1.807, 2.05) is 46.8 Å². The lowest BCUT2D eigenvalue weighted by Crippen LogP contribution is -2.21. The maximum Gasteiger partial charge on any atom is 0.366 e. The topological polar surface area (TPSA) is 55.7 Å². The van der Waals surface area contributed by atoms with E-state index < -0.39 is 5.97 Å². The highest BCUT2D eigenvalue weighted by atomic mass is 16.7. The lowest BCUT2D eigenvalue weighted by molar-refractivity contribution is -0.113. The van der Waals surface area contributed by atoms with E-state index >= 15 is 0 Å². The molecule has 4 heteroatoms. The smallest absolute Gasteiger partial charge is 0.312 e. The molecule has 0 unspecified atom stereocenters. The van der Waals surface area contributed by atoms with Crippen molar-refractivity contribution in [3.05, 3.63) is 58.7 Å². The molecule has 1 aliphatic carbocycles. The zero-order valence-corrected chi connectivity index (χ0v) is 14.8. The molecule has 0 saturated carbocycles. The van der Waals surface area contributed by atoms with Crippen LogP contribution in [0.1, 0.15) is 43.6 Å². The molecule has 0 bridgehead atoms. The molecule has 0 radical (unpaired) electrons. The molecule has 126 valence electrons. The van der Waals surface area contributed by atoms with Gasteiger partial charge in [-0.3, -0.25) is 4.79 Å². The zero-order chi connectivity index (χ0) is 17.9. The number of carbonyl (C=O) groups excluding carboxylic acids is 2. The Morgan fingerprint density at radius 2 is 1.54 bits per heavy atom. The second-order valence-corrected chi connectivity index (χ2v) is 6.55. The van der Waals surface area contributed by atoms with Gasteiger partial charge in [-0.2, -0.15) is 0 Å². The van der Waals surface area contributed by atoms with Gasteiger partial charge in [0.2, 0.25) is 0 Å². The average Bonchev–Trinajstić information content (AvgIpc) is 2.53. The van der Waals surface area contributed by atoms with Crippen LogP contribution in [0, 0.1) is 18.8 Å². The highest BCUT2D eigenvalue weighted by Gasteiger charge is 2.25. The van der Waals surface area contributed by atoms with Crippen molar-refractivity contribution in [2.24, 2.45) is 17.0 Å². The molecule has 2 rings (SSSR count).